The fraction of sp³-hybridized carbons (Fsp3) is 0.333. The average Bonchev–Trinajstić information content (AvgIpc) is 2.11. The van der Waals surface area contributed by atoms with E-state index < -0.39 is 0 Å². The SMILES string of the molecule is CC=CC=CC(=CC=CC)CC. The van der Waals surface area contributed by atoms with Crippen molar-refractivity contribution in [2.75, 3.05) is 0 Å². The number of hydrogen-bond acceptors (Lipinski definition) is 0. The molecule has 66 valence electrons. The van der Waals surface area contributed by atoms with Gasteiger partial charge in [-0.1, -0.05) is 49.5 Å². The van der Waals surface area contributed by atoms with Crippen LogP contribution in [0.4, 0.5) is 0 Å². The molecule has 0 radical (unpaired) electrons. The summed E-state index contributed by atoms with van der Waals surface area (Å²) in [6.45, 7) is 6.21. The molecule has 0 aromatic rings. The molecule has 0 nitrogen and oxygen atoms in total. The predicted octanol–water partition coefficient (Wildman–Crippen LogP) is 4.03. The Hall–Kier alpha value is -1.04. The van der Waals surface area contributed by atoms with E-state index >= 15 is 0 Å². The molecular weight excluding hydrogens is 144 g/mol. The molecule has 0 heterocycles. The Morgan fingerprint density at radius 3 is 2.17 bits per heavy atom. The fourth-order valence-corrected chi connectivity index (χ4v) is 0.801. The lowest BCUT2D eigenvalue weighted by Crippen LogP contribution is -1.71. The summed E-state index contributed by atoms with van der Waals surface area (Å²) in [7, 11) is 0. The van der Waals surface area contributed by atoms with Crippen LogP contribution in [0.2, 0.25) is 0 Å². The van der Waals surface area contributed by atoms with E-state index in [0.717, 1.165) is 6.42 Å². The molecule has 0 rings (SSSR count). The second kappa shape index (κ2) is 8.06. The van der Waals surface area contributed by atoms with Crippen molar-refractivity contribution < 1.29 is 0 Å². The first-order valence-electron chi connectivity index (χ1n) is 4.46. The van der Waals surface area contributed by atoms with Gasteiger partial charge in [-0.15, -0.1) is 0 Å². The van der Waals surface area contributed by atoms with Gasteiger partial charge in [0, 0.05) is 0 Å². The van der Waals surface area contributed by atoms with Gasteiger partial charge in [0.1, 0.15) is 0 Å². The first-order valence-corrected chi connectivity index (χ1v) is 4.46. The Labute approximate surface area is 76.0 Å². The lowest BCUT2D eigenvalue weighted by molar-refractivity contribution is 1.15. The quantitative estimate of drug-likeness (QED) is 0.547. The molecule has 0 unspecified atom stereocenters. The summed E-state index contributed by atoms with van der Waals surface area (Å²) in [4.78, 5) is 0. The van der Waals surface area contributed by atoms with Crippen LogP contribution in [-0.2, 0) is 0 Å². The summed E-state index contributed by atoms with van der Waals surface area (Å²) in [6.07, 6.45) is 15.6. The zero-order chi connectivity index (χ0) is 9.23. The van der Waals surface area contributed by atoms with Crippen molar-refractivity contribution in [1.82, 2.24) is 0 Å². The highest BCUT2D eigenvalue weighted by Gasteiger charge is 1.82. The van der Waals surface area contributed by atoms with Crippen LogP contribution < -0.4 is 0 Å². The van der Waals surface area contributed by atoms with Crippen molar-refractivity contribution in [3.63, 3.8) is 0 Å². The van der Waals surface area contributed by atoms with Crippen LogP contribution in [0, 0.1) is 0 Å². The Morgan fingerprint density at radius 1 is 1.00 bits per heavy atom. The minimum absolute atomic E-state index is 1.08. The standard InChI is InChI=1S/C12H18/c1-4-7-9-11-12(6-3)10-8-5-2/h4-5,7-11H,6H2,1-3H3. The van der Waals surface area contributed by atoms with Gasteiger partial charge >= 0.3 is 0 Å². The minimum Gasteiger partial charge on any atom is -0.0877 e. The molecule has 0 aromatic carbocycles. The van der Waals surface area contributed by atoms with Crippen molar-refractivity contribution in [3.8, 4) is 0 Å². The molecule has 12 heavy (non-hydrogen) atoms. The van der Waals surface area contributed by atoms with Crippen molar-refractivity contribution in [2.24, 2.45) is 0 Å². The second-order valence-corrected chi connectivity index (χ2v) is 2.51. The Morgan fingerprint density at radius 2 is 1.67 bits per heavy atom. The maximum Gasteiger partial charge on any atom is -0.0307 e. The van der Waals surface area contributed by atoms with Crippen LogP contribution in [0.3, 0.4) is 0 Å². The third-order valence-corrected chi connectivity index (χ3v) is 1.52. The van der Waals surface area contributed by atoms with E-state index in [4.69, 9.17) is 0 Å². The largest absolute Gasteiger partial charge is 0.0877 e. The molecular formula is C12H18. The van der Waals surface area contributed by atoms with Gasteiger partial charge in [0.15, 0.2) is 0 Å². The van der Waals surface area contributed by atoms with E-state index in [2.05, 4.69) is 31.2 Å². The van der Waals surface area contributed by atoms with Crippen molar-refractivity contribution in [1.29, 1.82) is 0 Å². The third kappa shape index (κ3) is 5.72. The highest BCUT2D eigenvalue weighted by atomic mass is 13.9. The summed E-state index contributed by atoms with van der Waals surface area (Å²) in [5, 5.41) is 0. The topological polar surface area (TPSA) is 0 Å². The maximum absolute atomic E-state index is 2.16. The molecule has 0 N–H and O–H groups in total. The molecule has 0 aliphatic rings. The van der Waals surface area contributed by atoms with Crippen LogP contribution in [0.1, 0.15) is 27.2 Å². The minimum atomic E-state index is 1.08. The van der Waals surface area contributed by atoms with Crippen LogP contribution in [0.25, 0.3) is 0 Å². The predicted molar refractivity (Wildman–Crippen MR) is 57.1 cm³/mol. The number of allylic oxidation sites excluding steroid dienone is 8. The lowest BCUT2D eigenvalue weighted by Gasteiger charge is -1.92. The van der Waals surface area contributed by atoms with Gasteiger partial charge in [-0.05, 0) is 25.8 Å². The van der Waals surface area contributed by atoms with Crippen LogP contribution in [0.15, 0.2) is 48.1 Å². The van der Waals surface area contributed by atoms with E-state index in [9.17, 15) is 0 Å². The molecule has 0 atom stereocenters. The molecule has 0 amide bonds. The highest BCUT2D eigenvalue weighted by molar-refractivity contribution is 5.25. The van der Waals surface area contributed by atoms with Crippen LogP contribution in [0.5, 0.6) is 0 Å². The van der Waals surface area contributed by atoms with Gasteiger partial charge in [-0.3, -0.25) is 0 Å². The first-order chi connectivity index (χ1) is 5.85. The molecule has 0 aromatic heterocycles. The third-order valence-electron chi connectivity index (χ3n) is 1.52. The summed E-state index contributed by atoms with van der Waals surface area (Å²) >= 11 is 0. The van der Waals surface area contributed by atoms with Crippen molar-refractivity contribution in [3.05, 3.63) is 48.1 Å². The summed E-state index contributed by atoms with van der Waals surface area (Å²) in [5.41, 5.74) is 1.35. The molecule has 0 spiro atoms. The highest BCUT2D eigenvalue weighted by Crippen LogP contribution is 2.02. The first kappa shape index (κ1) is 11.0. The van der Waals surface area contributed by atoms with E-state index in [-0.39, 0.29) is 0 Å². The van der Waals surface area contributed by atoms with Crippen LogP contribution in [-0.4, -0.2) is 0 Å². The fourth-order valence-electron chi connectivity index (χ4n) is 0.801. The summed E-state index contributed by atoms with van der Waals surface area (Å²) in [5.74, 6) is 0. The van der Waals surface area contributed by atoms with E-state index in [1.165, 1.54) is 5.57 Å². The summed E-state index contributed by atoms with van der Waals surface area (Å²) < 4.78 is 0. The van der Waals surface area contributed by atoms with Gasteiger partial charge < -0.3 is 0 Å². The van der Waals surface area contributed by atoms with E-state index in [1.54, 1.807) is 0 Å². The van der Waals surface area contributed by atoms with Crippen molar-refractivity contribution in [2.45, 2.75) is 27.2 Å². The van der Waals surface area contributed by atoms with E-state index in [0.29, 0.717) is 0 Å². The maximum atomic E-state index is 2.16. The molecule has 0 heteroatoms. The van der Waals surface area contributed by atoms with Crippen molar-refractivity contribution >= 4 is 0 Å². The average molecular weight is 162 g/mol. The molecule has 0 aliphatic carbocycles. The smallest absolute Gasteiger partial charge is 0.0307 e. The van der Waals surface area contributed by atoms with Gasteiger partial charge in [0.05, 0.1) is 0 Å². The monoisotopic (exact) mass is 162 g/mol. The van der Waals surface area contributed by atoms with Gasteiger partial charge in [-0.25, -0.2) is 0 Å². The van der Waals surface area contributed by atoms with Gasteiger partial charge in [0.25, 0.3) is 0 Å². The molecule has 0 saturated heterocycles. The Bertz CT molecular complexity index is 202. The van der Waals surface area contributed by atoms with Crippen LogP contribution >= 0.6 is 0 Å². The second-order valence-electron chi connectivity index (χ2n) is 2.51. The zero-order valence-corrected chi connectivity index (χ0v) is 8.25. The summed E-state index contributed by atoms with van der Waals surface area (Å²) in [6, 6.07) is 0. The Balaban J connectivity index is 4.16. The normalized spacial score (nSPS) is 14.1. The number of hydrogen-bond donors (Lipinski definition) is 0. The van der Waals surface area contributed by atoms with Gasteiger partial charge in [-0.2, -0.15) is 0 Å². The molecule has 0 fully saturated rings. The zero-order valence-electron chi connectivity index (χ0n) is 8.25. The molecule has 0 bridgehead atoms. The van der Waals surface area contributed by atoms with E-state index in [1.807, 2.05) is 32.1 Å². The number of rotatable bonds is 4. The molecule has 0 saturated carbocycles. The Kier molecular flexibility index (Phi) is 7.36. The molecule has 0 aliphatic heterocycles. The lowest BCUT2D eigenvalue weighted by atomic mass is 10.1. The van der Waals surface area contributed by atoms with Gasteiger partial charge in [0.2, 0.25) is 0 Å².